The maximum Gasteiger partial charge on any atom is 0.385 e. The van der Waals surface area contributed by atoms with Crippen LogP contribution in [-0.4, -0.2) is 48.6 Å². The smallest absolute Gasteiger partial charge is 0.385 e. The van der Waals surface area contributed by atoms with Gasteiger partial charge in [-0.15, -0.1) is 0 Å². The van der Waals surface area contributed by atoms with Gasteiger partial charge in [-0.1, -0.05) is 58.3 Å². The highest BCUT2D eigenvalue weighted by molar-refractivity contribution is 5.69. The Balaban J connectivity index is 4.88. The van der Waals surface area contributed by atoms with E-state index in [4.69, 9.17) is 0 Å². The topological polar surface area (TPSA) is 26.3 Å². The second-order valence-corrected chi connectivity index (χ2v) is 7.52. The molecule has 0 radical (unpaired) electrons. The average molecular weight is 514 g/mol. The molecule has 2 nitrogen and oxygen atoms in total. The predicted molar refractivity (Wildman–Crippen MR) is 93.5 cm³/mol. The highest BCUT2D eigenvalue weighted by atomic mass is 19.4. The van der Waals surface area contributed by atoms with Crippen LogP contribution in [0.1, 0.15) is 71.1 Å². The van der Waals surface area contributed by atoms with Crippen molar-refractivity contribution in [3.05, 3.63) is 0 Å². The van der Waals surface area contributed by atoms with Crippen LogP contribution in [0.3, 0.4) is 0 Å². The van der Waals surface area contributed by atoms with Crippen LogP contribution in [0, 0.1) is 0 Å². The first-order valence-corrected chi connectivity index (χ1v) is 10.3. The van der Waals surface area contributed by atoms with E-state index in [-0.39, 0.29) is 6.42 Å². The zero-order chi connectivity index (χ0) is 26.1. The third-order valence-corrected chi connectivity index (χ3v) is 4.80. The van der Waals surface area contributed by atoms with Gasteiger partial charge in [-0.3, -0.25) is 4.79 Å². The van der Waals surface area contributed by atoms with E-state index in [9.17, 15) is 57.5 Å². The lowest BCUT2D eigenvalue weighted by Crippen LogP contribution is -2.67. The quantitative estimate of drug-likeness (QED) is 0.112. The summed E-state index contributed by atoms with van der Waals surface area (Å²) in [6.07, 6.45) is -9.09. The summed E-state index contributed by atoms with van der Waals surface area (Å²) in [5.74, 6) is -30.5. The van der Waals surface area contributed by atoms with Gasteiger partial charge in [0.25, 0.3) is 6.43 Å². The molecule has 0 amide bonds. The van der Waals surface area contributed by atoms with E-state index < -0.39 is 55.0 Å². The molecule has 0 rings (SSSR count). The number of hydrogen-bond donors (Lipinski definition) is 0. The second kappa shape index (κ2) is 12.9. The average Bonchev–Trinajstić information content (AvgIpc) is 2.71. The lowest BCUT2D eigenvalue weighted by Gasteiger charge is -2.38. The number of esters is 1. The van der Waals surface area contributed by atoms with Crippen LogP contribution in [-0.2, 0) is 9.53 Å². The molecule has 0 fully saturated rings. The van der Waals surface area contributed by atoms with Gasteiger partial charge in [0.1, 0.15) is 0 Å². The number of unbranched alkanes of at least 4 members (excludes halogenated alkanes) is 8. The van der Waals surface area contributed by atoms with E-state index in [1.54, 1.807) is 0 Å². The van der Waals surface area contributed by atoms with Gasteiger partial charge in [-0.25, -0.2) is 13.2 Å². The molecule has 33 heavy (non-hydrogen) atoms. The largest absolute Gasteiger partial charge is 0.424 e. The Bertz CT molecular complexity index is 583. The SMILES string of the molecule is CCCCCCCCCCCC(=O)OC(F)C(F)(F)C(F)(F)C(F)(F)C(F)(F)C(F)C(F)F. The maximum atomic E-state index is 13.5. The third-order valence-electron chi connectivity index (χ3n) is 4.80. The molecule has 0 aliphatic rings. The van der Waals surface area contributed by atoms with Gasteiger partial charge in [-0.05, 0) is 6.42 Å². The molecule has 0 aromatic carbocycles. The second-order valence-electron chi connectivity index (χ2n) is 7.52. The predicted octanol–water partition coefficient (Wildman–Crippen LogP) is 7.89. The normalized spacial score (nSPS) is 15.6. The summed E-state index contributed by atoms with van der Waals surface area (Å²) in [5, 5.41) is 0. The maximum absolute atomic E-state index is 13.5. The fourth-order valence-corrected chi connectivity index (χ4v) is 2.72. The van der Waals surface area contributed by atoms with E-state index in [0.29, 0.717) is 12.8 Å². The Hall–Kier alpha value is -1.37. The highest BCUT2D eigenvalue weighted by Gasteiger charge is 2.85. The van der Waals surface area contributed by atoms with Crippen LogP contribution < -0.4 is 0 Å². The van der Waals surface area contributed by atoms with Crippen molar-refractivity contribution in [2.24, 2.45) is 0 Å². The van der Waals surface area contributed by atoms with Crippen LogP contribution in [0.15, 0.2) is 0 Å². The van der Waals surface area contributed by atoms with Gasteiger partial charge >= 0.3 is 36.0 Å². The summed E-state index contributed by atoms with van der Waals surface area (Å²) in [4.78, 5) is 11.3. The molecule has 0 heterocycles. The lowest BCUT2D eigenvalue weighted by molar-refractivity contribution is -0.399. The van der Waals surface area contributed by atoms with E-state index >= 15 is 0 Å². The summed E-state index contributed by atoms with van der Waals surface area (Å²) in [5.41, 5.74) is 0. The number of ether oxygens (including phenoxy) is 1. The molecule has 198 valence electrons. The number of rotatable bonds is 17. The van der Waals surface area contributed by atoms with E-state index in [2.05, 4.69) is 4.74 Å². The minimum absolute atomic E-state index is 0.0470. The van der Waals surface area contributed by atoms with Gasteiger partial charge in [0, 0.05) is 6.42 Å². The van der Waals surface area contributed by atoms with Crippen molar-refractivity contribution in [2.75, 3.05) is 0 Å². The van der Waals surface area contributed by atoms with Gasteiger partial charge < -0.3 is 4.74 Å². The lowest BCUT2D eigenvalue weighted by atomic mass is 9.95. The van der Waals surface area contributed by atoms with Crippen LogP contribution in [0.4, 0.5) is 52.7 Å². The monoisotopic (exact) mass is 514 g/mol. The van der Waals surface area contributed by atoms with Crippen LogP contribution in [0.5, 0.6) is 0 Å². The molecule has 0 spiro atoms. The van der Waals surface area contributed by atoms with Crippen molar-refractivity contribution in [3.63, 3.8) is 0 Å². The zero-order valence-electron chi connectivity index (χ0n) is 17.7. The summed E-state index contributed by atoms with van der Waals surface area (Å²) >= 11 is 0. The molecule has 0 N–H and O–H groups in total. The molecular weight excluding hydrogens is 488 g/mol. The summed E-state index contributed by atoms with van der Waals surface area (Å²) < 4.78 is 160. The van der Waals surface area contributed by atoms with E-state index in [1.165, 1.54) is 0 Å². The zero-order valence-corrected chi connectivity index (χ0v) is 17.7. The van der Waals surface area contributed by atoms with Crippen molar-refractivity contribution in [1.29, 1.82) is 0 Å². The van der Waals surface area contributed by atoms with Crippen LogP contribution in [0.25, 0.3) is 0 Å². The fourth-order valence-electron chi connectivity index (χ4n) is 2.72. The Morgan fingerprint density at radius 2 is 1.06 bits per heavy atom. The minimum Gasteiger partial charge on any atom is -0.424 e. The first-order valence-electron chi connectivity index (χ1n) is 10.3. The number of hydrogen-bond acceptors (Lipinski definition) is 2. The minimum atomic E-state index is -7.47. The standard InChI is InChI=1S/C19H26F12O2/c1-2-3-4-5-6-7-8-9-10-11-12(32)33-15(23)17(26,27)19(30,31)18(28,29)16(24,25)13(20)14(21)22/h13-15H,2-11H2,1H3. The summed E-state index contributed by atoms with van der Waals surface area (Å²) in [6, 6.07) is 0. The van der Waals surface area contributed by atoms with Gasteiger partial charge in [0.2, 0.25) is 6.17 Å². The molecule has 0 saturated carbocycles. The molecular formula is C19H26F12O2. The molecule has 0 aliphatic heterocycles. The van der Waals surface area contributed by atoms with Gasteiger partial charge in [-0.2, -0.15) is 39.5 Å². The molecule has 2 atom stereocenters. The Morgan fingerprint density at radius 3 is 1.48 bits per heavy atom. The third kappa shape index (κ3) is 7.83. The molecule has 0 aromatic heterocycles. The van der Waals surface area contributed by atoms with E-state index in [1.807, 2.05) is 6.92 Å². The van der Waals surface area contributed by atoms with Crippen LogP contribution >= 0.6 is 0 Å². The van der Waals surface area contributed by atoms with E-state index in [0.717, 1.165) is 38.5 Å². The fraction of sp³-hybridized carbons (Fsp3) is 0.947. The Labute approximate surface area is 183 Å². The van der Waals surface area contributed by atoms with Crippen molar-refractivity contribution in [3.8, 4) is 0 Å². The molecule has 0 bridgehead atoms. The highest BCUT2D eigenvalue weighted by Crippen LogP contribution is 2.56. The number of carbonyl (C=O) groups is 1. The molecule has 0 aliphatic carbocycles. The Morgan fingerprint density at radius 1 is 0.667 bits per heavy atom. The van der Waals surface area contributed by atoms with Gasteiger partial charge in [0.15, 0.2) is 0 Å². The molecule has 2 unspecified atom stereocenters. The van der Waals surface area contributed by atoms with Crippen molar-refractivity contribution >= 4 is 5.97 Å². The van der Waals surface area contributed by atoms with Crippen molar-refractivity contribution in [2.45, 2.75) is 114 Å². The molecule has 14 heteroatoms. The Kier molecular flexibility index (Phi) is 12.4. The first-order chi connectivity index (χ1) is 15.0. The number of halogens is 12. The van der Waals surface area contributed by atoms with Crippen molar-refractivity contribution in [1.82, 2.24) is 0 Å². The van der Waals surface area contributed by atoms with Gasteiger partial charge in [0.05, 0.1) is 0 Å². The summed E-state index contributed by atoms with van der Waals surface area (Å²) in [7, 11) is 0. The number of alkyl halides is 12. The van der Waals surface area contributed by atoms with Crippen molar-refractivity contribution < 1.29 is 62.2 Å². The summed E-state index contributed by atoms with van der Waals surface area (Å²) in [6.45, 7) is 2.03. The first kappa shape index (κ1) is 31.6. The van der Waals surface area contributed by atoms with Crippen LogP contribution in [0.2, 0.25) is 0 Å². The molecule has 0 saturated heterocycles. The number of carbonyl (C=O) groups excluding carboxylic acids is 1. The molecule has 0 aromatic rings.